The number of hydrogen-bond acceptors (Lipinski definition) is 5. The molecule has 138 valence electrons. The number of piperazine rings is 1. The number of amides is 1. The van der Waals surface area contributed by atoms with E-state index in [9.17, 15) is 14.7 Å². The number of rotatable bonds is 7. The highest BCUT2D eigenvalue weighted by Crippen LogP contribution is 2.14. The first-order valence-electron chi connectivity index (χ1n) is 8.80. The number of carbonyl (C=O) groups excluding carboxylic acids is 2. The lowest BCUT2D eigenvalue weighted by molar-refractivity contribution is -0.136. The van der Waals surface area contributed by atoms with Gasteiger partial charge in [-0.25, -0.2) is 0 Å². The quantitative estimate of drug-likeness (QED) is 0.755. The van der Waals surface area contributed by atoms with Crippen LogP contribution in [0.2, 0.25) is 0 Å². The van der Waals surface area contributed by atoms with E-state index >= 15 is 0 Å². The van der Waals surface area contributed by atoms with E-state index in [1.807, 2.05) is 18.7 Å². The molecule has 1 amide bonds. The molecule has 25 heavy (non-hydrogen) atoms. The monoisotopic (exact) mass is 348 g/mol. The first kappa shape index (κ1) is 19.4. The molecule has 2 rings (SSSR count). The number of benzene rings is 1. The summed E-state index contributed by atoms with van der Waals surface area (Å²) in [6.07, 6.45) is -0.617. The van der Waals surface area contributed by atoms with Gasteiger partial charge in [0.1, 0.15) is 18.5 Å². The maximum atomic E-state index is 12.0. The van der Waals surface area contributed by atoms with Crippen molar-refractivity contribution in [3.05, 3.63) is 29.8 Å². The van der Waals surface area contributed by atoms with Gasteiger partial charge in [0.15, 0.2) is 5.78 Å². The average Bonchev–Trinajstić information content (AvgIpc) is 2.60. The molecule has 1 aromatic carbocycles. The van der Waals surface area contributed by atoms with Crippen molar-refractivity contribution in [1.29, 1.82) is 0 Å². The molecule has 1 saturated heterocycles. The van der Waals surface area contributed by atoms with Crippen molar-refractivity contribution < 1.29 is 19.4 Å². The maximum Gasteiger partial charge on any atom is 0.225 e. The van der Waals surface area contributed by atoms with Gasteiger partial charge in [0.25, 0.3) is 0 Å². The van der Waals surface area contributed by atoms with Gasteiger partial charge in [0.05, 0.1) is 0 Å². The molecule has 1 unspecified atom stereocenters. The standard InChI is InChI=1S/C19H28N2O4/c1-14(2)19(24)21-9-7-20(8-10-21)12-17(23)13-25-18-6-4-5-16(11-18)15(3)22/h4-6,11,14,17,23H,7-10,12-13H2,1-3H3. The Hall–Kier alpha value is -1.92. The smallest absolute Gasteiger partial charge is 0.225 e. The van der Waals surface area contributed by atoms with Crippen LogP contribution in [0.25, 0.3) is 0 Å². The number of aliphatic hydroxyl groups excluding tert-OH is 1. The molecule has 1 aromatic rings. The van der Waals surface area contributed by atoms with Crippen molar-refractivity contribution in [2.45, 2.75) is 26.9 Å². The van der Waals surface area contributed by atoms with Crippen LogP contribution in [-0.2, 0) is 4.79 Å². The molecule has 1 aliphatic rings. The van der Waals surface area contributed by atoms with Gasteiger partial charge in [0, 0.05) is 44.2 Å². The van der Waals surface area contributed by atoms with E-state index in [1.54, 1.807) is 24.3 Å². The van der Waals surface area contributed by atoms with E-state index in [2.05, 4.69) is 4.90 Å². The summed E-state index contributed by atoms with van der Waals surface area (Å²) in [5, 5.41) is 10.2. The van der Waals surface area contributed by atoms with Crippen molar-refractivity contribution in [1.82, 2.24) is 9.80 Å². The van der Waals surface area contributed by atoms with Crippen LogP contribution < -0.4 is 4.74 Å². The number of aliphatic hydroxyl groups is 1. The normalized spacial score (nSPS) is 16.8. The van der Waals surface area contributed by atoms with Crippen LogP contribution in [0.5, 0.6) is 5.75 Å². The van der Waals surface area contributed by atoms with E-state index in [0.717, 1.165) is 13.1 Å². The average molecular weight is 348 g/mol. The molecule has 1 heterocycles. The Morgan fingerprint density at radius 1 is 1.20 bits per heavy atom. The maximum absolute atomic E-state index is 12.0. The first-order valence-corrected chi connectivity index (χ1v) is 8.80. The highest BCUT2D eigenvalue weighted by Gasteiger charge is 2.24. The summed E-state index contributed by atoms with van der Waals surface area (Å²) < 4.78 is 5.60. The molecule has 0 aromatic heterocycles. The molecule has 1 N–H and O–H groups in total. The lowest BCUT2D eigenvalue weighted by Gasteiger charge is -2.36. The molecule has 0 bridgehead atoms. The molecule has 6 heteroatoms. The second-order valence-corrected chi connectivity index (χ2v) is 6.83. The highest BCUT2D eigenvalue weighted by molar-refractivity contribution is 5.94. The first-order chi connectivity index (χ1) is 11.9. The summed E-state index contributed by atoms with van der Waals surface area (Å²) in [6, 6.07) is 6.97. The van der Waals surface area contributed by atoms with E-state index < -0.39 is 6.10 Å². The molecular weight excluding hydrogens is 320 g/mol. The van der Waals surface area contributed by atoms with Crippen LogP contribution in [0.3, 0.4) is 0 Å². The van der Waals surface area contributed by atoms with Gasteiger partial charge in [-0.3, -0.25) is 14.5 Å². The molecule has 0 aliphatic carbocycles. The fraction of sp³-hybridized carbons (Fsp3) is 0.579. The summed E-state index contributed by atoms with van der Waals surface area (Å²) in [4.78, 5) is 27.4. The Morgan fingerprint density at radius 2 is 1.88 bits per heavy atom. The molecule has 0 radical (unpaired) electrons. The van der Waals surface area contributed by atoms with Crippen LogP contribution in [0.4, 0.5) is 0 Å². The molecule has 0 spiro atoms. The van der Waals surface area contributed by atoms with Gasteiger partial charge < -0.3 is 14.7 Å². The number of nitrogens with zero attached hydrogens (tertiary/aromatic N) is 2. The fourth-order valence-electron chi connectivity index (χ4n) is 2.86. The summed E-state index contributed by atoms with van der Waals surface area (Å²) in [5.41, 5.74) is 0.595. The van der Waals surface area contributed by atoms with Crippen LogP contribution in [0, 0.1) is 5.92 Å². The van der Waals surface area contributed by atoms with Crippen molar-refractivity contribution in [2.24, 2.45) is 5.92 Å². The summed E-state index contributed by atoms with van der Waals surface area (Å²) in [6.45, 7) is 8.94. The van der Waals surface area contributed by atoms with Crippen LogP contribution in [0.1, 0.15) is 31.1 Å². The third kappa shape index (κ3) is 5.83. The number of hydrogen-bond donors (Lipinski definition) is 1. The van der Waals surface area contributed by atoms with E-state index in [4.69, 9.17) is 4.74 Å². The number of carbonyl (C=O) groups is 2. The Kier molecular flexibility index (Phi) is 6.96. The molecule has 1 fully saturated rings. The lowest BCUT2D eigenvalue weighted by atomic mass is 10.1. The second-order valence-electron chi connectivity index (χ2n) is 6.83. The van der Waals surface area contributed by atoms with Crippen LogP contribution in [-0.4, -0.2) is 72.0 Å². The Bertz CT molecular complexity index is 595. The second kappa shape index (κ2) is 8.97. The van der Waals surface area contributed by atoms with Crippen LogP contribution >= 0.6 is 0 Å². The highest BCUT2D eigenvalue weighted by atomic mass is 16.5. The third-order valence-electron chi connectivity index (χ3n) is 4.33. The SMILES string of the molecule is CC(=O)c1cccc(OCC(O)CN2CCN(C(=O)C(C)C)CC2)c1. The molecule has 1 atom stereocenters. The minimum atomic E-state index is -0.617. The Morgan fingerprint density at radius 3 is 2.48 bits per heavy atom. The molecule has 0 saturated carbocycles. The topological polar surface area (TPSA) is 70.1 Å². The van der Waals surface area contributed by atoms with Gasteiger partial charge in [-0.05, 0) is 19.1 Å². The van der Waals surface area contributed by atoms with E-state index in [0.29, 0.717) is 30.9 Å². The third-order valence-corrected chi connectivity index (χ3v) is 4.33. The van der Waals surface area contributed by atoms with Crippen molar-refractivity contribution in [3.63, 3.8) is 0 Å². The predicted octanol–water partition coefficient (Wildman–Crippen LogP) is 1.43. The zero-order chi connectivity index (χ0) is 18.4. The summed E-state index contributed by atoms with van der Waals surface area (Å²) >= 11 is 0. The van der Waals surface area contributed by atoms with Crippen molar-refractivity contribution in [3.8, 4) is 5.75 Å². The number of ether oxygens (including phenoxy) is 1. The number of ketones is 1. The number of β-amino-alcohol motifs (C(OH)–C–C–N with tert-alkyl or cyclic N) is 1. The van der Waals surface area contributed by atoms with E-state index in [-0.39, 0.29) is 24.2 Å². The summed E-state index contributed by atoms with van der Waals surface area (Å²) in [7, 11) is 0. The molecular formula is C19H28N2O4. The van der Waals surface area contributed by atoms with Gasteiger partial charge in [0.2, 0.25) is 5.91 Å². The minimum absolute atomic E-state index is 0.0141. The fourth-order valence-corrected chi connectivity index (χ4v) is 2.86. The van der Waals surface area contributed by atoms with Crippen LogP contribution in [0.15, 0.2) is 24.3 Å². The predicted molar refractivity (Wildman–Crippen MR) is 95.8 cm³/mol. The Balaban J connectivity index is 1.74. The minimum Gasteiger partial charge on any atom is -0.491 e. The van der Waals surface area contributed by atoms with Gasteiger partial charge in [-0.1, -0.05) is 26.0 Å². The number of Topliss-reactive ketones (excluding diaryl/α,β-unsaturated/α-hetero) is 1. The summed E-state index contributed by atoms with van der Waals surface area (Å²) in [5.74, 6) is 0.782. The van der Waals surface area contributed by atoms with Crippen molar-refractivity contribution >= 4 is 11.7 Å². The van der Waals surface area contributed by atoms with Crippen molar-refractivity contribution in [2.75, 3.05) is 39.3 Å². The Labute approximate surface area is 149 Å². The zero-order valence-electron chi connectivity index (χ0n) is 15.3. The van der Waals surface area contributed by atoms with Gasteiger partial charge in [-0.2, -0.15) is 0 Å². The van der Waals surface area contributed by atoms with Gasteiger partial charge >= 0.3 is 0 Å². The molecule has 6 nitrogen and oxygen atoms in total. The van der Waals surface area contributed by atoms with E-state index in [1.165, 1.54) is 6.92 Å². The largest absolute Gasteiger partial charge is 0.491 e. The van der Waals surface area contributed by atoms with Gasteiger partial charge in [-0.15, -0.1) is 0 Å². The molecule has 1 aliphatic heterocycles. The zero-order valence-corrected chi connectivity index (χ0v) is 15.3. The lowest BCUT2D eigenvalue weighted by Crippen LogP contribution is -2.51.